The number of amides is 1. The normalized spacial score (nSPS) is 13.3. The summed E-state index contributed by atoms with van der Waals surface area (Å²) in [4.78, 5) is 14.7. The van der Waals surface area contributed by atoms with Crippen molar-refractivity contribution < 1.29 is 22.7 Å². The Kier molecular flexibility index (Phi) is 4.98. The molecule has 0 unspecified atom stereocenters. The van der Waals surface area contributed by atoms with Crippen LogP contribution in [0.2, 0.25) is 0 Å². The molecular formula is C21H19F3N4O2. The summed E-state index contributed by atoms with van der Waals surface area (Å²) in [5.74, 6) is -0.112. The second-order valence-electron chi connectivity index (χ2n) is 7.27. The zero-order valence-electron chi connectivity index (χ0n) is 16.3. The summed E-state index contributed by atoms with van der Waals surface area (Å²) in [6, 6.07) is 8.06. The Balaban J connectivity index is 1.63. The van der Waals surface area contributed by atoms with E-state index in [0.29, 0.717) is 0 Å². The Labute approximate surface area is 170 Å². The van der Waals surface area contributed by atoms with Crippen LogP contribution in [-0.2, 0) is 12.7 Å². The lowest BCUT2D eigenvalue weighted by molar-refractivity contribution is -0.137. The SMILES string of the molecule is CN(C)CCn1cc(-c2ccc3c(c2)C(=O)Nc2cc(C(F)(F)F)ccc2O3)cn1. The van der Waals surface area contributed by atoms with Gasteiger partial charge in [-0.1, -0.05) is 6.07 Å². The molecule has 3 aromatic rings. The van der Waals surface area contributed by atoms with E-state index in [9.17, 15) is 18.0 Å². The minimum absolute atomic E-state index is 0.0240. The molecular weight excluding hydrogens is 397 g/mol. The number of carbonyl (C=O) groups excluding carboxylic acids is 1. The molecule has 6 nitrogen and oxygen atoms in total. The highest BCUT2D eigenvalue weighted by Crippen LogP contribution is 2.40. The number of fused-ring (bicyclic) bond motifs is 2. The van der Waals surface area contributed by atoms with Gasteiger partial charge < -0.3 is 15.0 Å². The number of halogens is 3. The highest BCUT2D eigenvalue weighted by Gasteiger charge is 2.32. The summed E-state index contributed by atoms with van der Waals surface area (Å²) in [5, 5.41) is 6.85. The highest BCUT2D eigenvalue weighted by molar-refractivity contribution is 6.08. The first-order valence-electron chi connectivity index (χ1n) is 9.23. The second-order valence-corrected chi connectivity index (χ2v) is 7.27. The predicted molar refractivity (Wildman–Crippen MR) is 106 cm³/mol. The smallest absolute Gasteiger partial charge is 0.416 e. The van der Waals surface area contributed by atoms with Crippen molar-refractivity contribution in [2.24, 2.45) is 0 Å². The largest absolute Gasteiger partial charge is 0.454 e. The average molecular weight is 416 g/mol. The molecule has 156 valence electrons. The number of nitrogens with one attached hydrogen (secondary N) is 1. The van der Waals surface area contributed by atoms with Crippen LogP contribution in [-0.4, -0.2) is 41.2 Å². The lowest BCUT2D eigenvalue weighted by atomic mass is 10.0. The van der Waals surface area contributed by atoms with E-state index in [0.717, 1.165) is 36.3 Å². The minimum atomic E-state index is -4.52. The molecule has 0 bridgehead atoms. The van der Waals surface area contributed by atoms with Gasteiger partial charge in [0.05, 0.1) is 29.6 Å². The van der Waals surface area contributed by atoms with Crippen LogP contribution in [0.4, 0.5) is 18.9 Å². The summed E-state index contributed by atoms with van der Waals surface area (Å²) in [5.41, 5.74) is 0.931. The Hall–Kier alpha value is -3.33. The van der Waals surface area contributed by atoms with E-state index < -0.39 is 17.6 Å². The van der Waals surface area contributed by atoms with Crippen molar-refractivity contribution in [2.75, 3.05) is 26.0 Å². The van der Waals surface area contributed by atoms with Crippen molar-refractivity contribution >= 4 is 11.6 Å². The number of aromatic nitrogens is 2. The third-order valence-corrected chi connectivity index (χ3v) is 4.74. The molecule has 1 amide bonds. The molecule has 2 aromatic carbocycles. The number of benzene rings is 2. The summed E-state index contributed by atoms with van der Waals surface area (Å²) in [6.07, 6.45) is -0.929. The lowest BCUT2D eigenvalue weighted by Gasteiger charge is -2.11. The third-order valence-electron chi connectivity index (χ3n) is 4.74. The van der Waals surface area contributed by atoms with Crippen LogP contribution in [0.15, 0.2) is 48.8 Å². The maximum atomic E-state index is 13.0. The zero-order chi connectivity index (χ0) is 21.5. The standard InChI is InChI=1S/C21H19F3N4O2/c1-27(2)7-8-28-12-14(11-25-28)13-3-5-18-16(9-13)20(29)26-17-10-15(21(22,23)24)4-6-19(17)30-18/h3-6,9-12H,7-8H2,1-2H3,(H,26,29). The maximum absolute atomic E-state index is 13.0. The zero-order valence-corrected chi connectivity index (χ0v) is 16.3. The quantitative estimate of drug-likeness (QED) is 0.681. The maximum Gasteiger partial charge on any atom is 0.416 e. The number of nitrogens with zero attached hydrogens (tertiary/aromatic N) is 3. The third kappa shape index (κ3) is 4.02. The van der Waals surface area contributed by atoms with Gasteiger partial charge >= 0.3 is 6.18 Å². The number of alkyl halides is 3. The first-order chi connectivity index (χ1) is 14.2. The molecule has 0 saturated carbocycles. The summed E-state index contributed by atoms with van der Waals surface area (Å²) >= 11 is 0. The van der Waals surface area contributed by atoms with Gasteiger partial charge in [0.1, 0.15) is 5.75 Å². The fraction of sp³-hybridized carbons (Fsp3) is 0.238. The van der Waals surface area contributed by atoms with E-state index in [1.807, 2.05) is 29.9 Å². The van der Waals surface area contributed by atoms with Gasteiger partial charge in [0.15, 0.2) is 5.75 Å². The molecule has 0 saturated heterocycles. The number of anilines is 1. The molecule has 1 aromatic heterocycles. The molecule has 1 aliphatic heterocycles. The molecule has 0 atom stereocenters. The number of carbonyl (C=O) groups is 1. The number of hydrogen-bond acceptors (Lipinski definition) is 4. The van der Waals surface area contributed by atoms with E-state index in [4.69, 9.17) is 4.74 Å². The Morgan fingerprint density at radius 3 is 2.60 bits per heavy atom. The van der Waals surface area contributed by atoms with Crippen LogP contribution in [0.1, 0.15) is 15.9 Å². The summed E-state index contributed by atoms with van der Waals surface area (Å²) < 4.78 is 46.5. The van der Waals surface area contributed by atoms with Crippen LogP contribution >= 0.6 is 0 Å². The van der Waals surface area contributed by atoms with Crippen molar-refractivity contribution in [1.82, 2.24) is 14.7 Å². The number of rotatable bonds is 4. The number of likely N-dealkylation sites (N-methyl/N-ethyl adjacent to an activating group) is 1. The van der Waals surface area contributed by atoms with Gasteiger partial charge in [-0.25, -0.2) is 0 Å². The van der Waals surface area contributed by atoms with Gasteiger partial charge in [0, 0.05) is 18.3 Å². The van der Waals surface area contributed by atoms with Crippen LogP contribution in [0.25, 0.3) is 11.1 Å². The van der Waals surface area contributed by atoms with Crippen LogP contribution < -0.4 is 10.1 Å². The van der Waals surface area contributed by atoms with Crippen LogP contribution in [0, 0.1) is 0 Å². The molecule has 0 radical (unpaired) electrons. The van der Waals surface area contributed by atoms with Gasteiger partial charge in [-0.3, -0.25) is 9.48 Å². The van der Waals surface area contributed by atoms with Crippen LogP contribution in [0.5, 0.6) is 11.5 Å². The van der Waals surface area contributed by atoms with E-state index in [-0.39, 0.29) is 22.7 Å². The van der Waals surface area contributed by atoms with Gasteiger partial charge in [-0.15, -0.1) is 0 Å². The van der Waals surface area contributed by atoms with Crippen molar-refractivity contribution in [3.63, 3.8) is 0 Å². The number of ether oxygens (including phenoxy) is 1. The Bertz CT molecular complexity index is 1110. The summed E-state index contributed by atoms with van der Waals surface area (Å²) in [6.45, 7) is 1.55. The van der Waals surface area contributed by atoms with Crippen molar-refractivity contribution in [3.05, 3.63) is 59.9 Å². The Morgan fingerprint density at radius 2 is 1.87 bits per heavy atom. The molecule has 2 heterocycles. The fourth-order valence-electron chi connectivity index (χ4n) is 3.11. The molecule has 1 aliphatic rings. The first kappa shape index (κ1) is 20.0. The Morgan fingerprint density at radius 1 is 1.10 bits per heavy atom. The number of hydrogen-bond donors (Lipinski definition) is 1. The second kappa shape index (κ2) is 7.49. The first-order valence-corrected chi connectivity index (χ1v) is 9.23. The summed E-state index contributed by atoms with van der Waals surface area (Å²) in [7, 11) is 3.95. The van der Waals surface area contributed by atoms with E-state index in [1.165, 1.54) is 6.07 Å². The molecule has 1 N–H and O–H groups in total. The monoisotopic (exact) mass is 416 g/mol. The van der Waals surface area contributed by atoms with E-state index >= 15 is 0 Å². The molecule has 0 fully saturated rings. The van der Waals surface area contributed by atoms with Crippen LogP contribution in [0.3, 0.4) is 0 Å². The highest BCUT2D eigenvalue weighted by atomic mass is 19.4. The van der Waals surface area contributed by atoms with Gasteiger partial charge in [-0.05, 0) is 50.0 Å². The van der Waals surface area contributed by atoms with Gasteiger partial charge in [-0.2, -0.15) is 18.3 Å². The van der Waals surface area contributed by atoms with Crippen molar-refractivity contribution in [3.8, 4) is 22.6 Å². The lowest BCUT2D eigenvalue weighted by Crippen LogP contribution is -2.18. The predicted octanol–water partition coefficient (Wildman–Crippen LogP) is 4.49. The van der Waals surface area contributed by atoms with Crippen molar-refractivity contribution in [2.45, 2.75) is 12.7 Å². The van der Waals surface area contributed by atoms with E-state index in [1.54, 1.807) is 24.4 Å². The van der Waals surface area contributed by atoms with Crippen molar-refractivity contribution in [1.29, 1.82) is 0 Å². The van der Waals surface area contributed by atoms with E-state index in [2.05, 4.69) is 10.4 Å². The molecule has 0 aliphatic carbocycles. The molecule has 30 heavy (non-hydrogen) atoms. The van der Waals surface area contributed by atoms with Gasteiger partial charge in [0.25, 0.3) is 5.91 Å². The average Bonchev–Trinajstić information content (AvgIpc) is 3.10. The van der Waals surface area contributed by atoms with Gasteiger partial charge in [0.2, 0.25) is 0 Å². The fourth-order valence-corrected chi connectivity index (χ4v) is 3.11. The molecule has 4 rings (SSSR count). The molecule has 0 spiro atoms. The topological polar surface area (TPSA) is 59.4 Å². The minimum Gasteiger partial charge on any atom is -0.454 e. The molecule has 9 heteroatoms.